The molecule has 9 heteroatoms. The fourth-order valence-electron chi connectivity index (χ4n) is 2.53. The lowest BCUT2D eigenvalue weighted by Crippen LogP contribution is -2.42. The third-order valence-corrected chi connectivity index (χ3v) is 4.47. The number of phosphoric ester groups is 1. The summed E-state index contributed by atoms with van der Waals surface area (Å²) >= 11 is 0. The van der Waals surface area contributed by atoms with Gasteiger partial charge in [-0.1, -0.05) is 13.8 Å². The Balaban J connectivity index is 2.14. The van der Waals surface area contributed by atoms with Gasteiger partial charge in [0.05, 0.1) is 18.6 Å². The molecule has 1 aliphatic rings. The first-order valence-corrected chi connectivity index (χ1v) is 8.38. The number of hydrogen-bond acceptors (Lipinski definition) is 4. The molecule has 0 aliphatic carbocycles. The molecule has 1 fully saturated rings. The first-order chi connectivity index (χ1) is 10.2. The van der Waals surface area contributed by atoms with Crippen molar-refractivity contribution < 1.29 is 33.0 Å². The van der Waals surface area contributed by atoms with Gasteiger partial charge in [0.25, 0.3) is 12.1 Å². The van der Waals surface area contributed by atoms with Gasteiger partial charge < -0.3 is 20.3 Å². The van der Waals surface area contributed by atoms with Gasteiger partial charge in [0.1, 0.15) is 5.56 Å². The monoisotopic (exact) mass is 331 g/mol. The SMILES string of the molecule is C[C@@H]1[C@H](C)[C@@H](COP(=O)(O)O)O[C@H]1[n+]1cccc(C(N)=O)c1. The van der Waals surface area contributed by atoms with Gasteiger partial charge in [0.15, 0.2) is 12.4 Å². The molecule has 0 aromatic carbocycles. The van der Waals surface area contributed by atoms with Gasteiger partial charge in [0.2, 0.25) is 0 Å². The van der Waals surface area contributed by atoms with E-state index >= 15 is 0 Å². The van der Waals surface area contributed by atoms with E-state index in [4.69, 9.17) is 20.3 Å². The van der Waals surface area contributed by atoms with Crippen molar-refractivity contribution in [2.45, 2.75) is 26.2 Å². The standard InChI is InChI=1S/C13H19N2O6P/c1-8-9(2)13(21-11(8)7-20-22(17,18)19)15-5-3-4-10(6-15)12(14)16/h3-6,8-9,11,13H,7H2,1-2H3,(H3-,14,16,17,18,19)/p+1/t8-,9+,11+,13+/m0/s1. The Labute approximate surface area is 128 Å². The maximum atomic E-state index is 11.3. The number of rotatable bonds is 5. The minimum Gasteiger partial charge on any atom is -0.365 e. The molecule has 4 N–H and O–H groups in total. The third kappa shape index (κ3) is 3.91. The minimum absolute atomic E-state index is 0.0290. The number of carbonyl (C=O) groups is 1. The number of nitrogens with two attached hydrogens (primary N) is 1. The highest BCUT2D eigenvalue weighted by Crippen LogP contribution is 2.40. The molecule has 1 aromatic heterocycles. The molecule has 1 amide bonds. The Bertz CT molecular complexity index is 604. The lowest BCUT2D eigenvalue weighted by atomic mass is 9.93. The van der Waals surface area contributed by atoms with Crippen LogP contribution in [0.2, 0.25) is 0 Å². The average molecular weight is 331 g/mol. The number of ether oxygens (including phenoxy) is 1. The number of phosphoric acid groups is 1. The van der Waals surface area contributed by atoms with Crippen molar-refractivity contribution in [3.8, 4) is 0 Å². The van der Waals surface area contributed by atoms with Gasteiger partial charge in [-0.2, -0.15) is 4.57 Å². The number of carbonyl (C=O) groups excluding carboxylic acids is 1. The fourth-order valence-corrected chi connectivity index (χ4v) is 2.87. The van der Waals surface area contributed by atoms with Crippen LogP contribution in [0.5, 0.6) is 0 Å². The minimum atomic E-state index is -4.53. The molecule has 1 aromatic rings. The number of primary amides is 1. The molecular formula is C13H20N2O6P+. The van der Waals surface area contributed by atoms with Gasteiger partial charge in [-0.05, 0) is 12.0 Å². The van der Waals surface area contributed by atoms with Crippen LogP contribution in [0.1, 0.15) is 30.4 Å². The van der Waals surface area contributed by atoms with E-state index in [1.807, 2.05) is 13.8 Å². The highest BCUT2D eigenvalue weighted by molar-refractivity contribution is 7.46. The maximum absolute atomic E-state index is 11.3. The van der Waals surface area contributed by atoms with Crippen LogP contribution in [-0.4, -0.2) is 28.4 Å². The molecule has 0 bridgehead atoms. The van der Waals surface area contributed by atoms with E-state index in [-0.39, 0.29) is 24.7 Å². The molecule has 122 valence electrons. The van der Waals surface area contributed by atoms with E-state index in [2.05, 4.69) is 4.52 Å². The molecule has 4 atom stereocenters. The van der Waals surface area contributed by atoms with Crippen molar-refractivity contribution in [2.24, 2.45) is 17.6 Å². The number of hydrogen-bond donors (Lipinski definition) is 3. The van der Waals surface area contributed by atoms with Crippen molar-refractivity contribution in [1.29, 1.82) is 0 Å². The van der Waals surface area contributed by atoms with Crippen LogP contribution in [0.4, 0.5) is 0 Å². The Kier molecular flexibility index (Phi) is 4.99. The van der Waals surface area contributed by atoms with Crippen molar-refractivity contribution in [3.63, 3.8) is 0 Å². The van der Waals surface area contributed by atoms with E-state index in [9.17, 15) is 9.36 Å². The summed E-state index contributed by atoms with van der Waals surface area (Å²) < 4.78 is 22.9. The summed E-state index contributed by atoms with van der Waals surface area (Å²) in [5.74, 6) is -0.436. The van der Waals surface area contributed by atoms with Crippen LogP contribution >= 0.6 is 7.82 Å². The van der Waals surface area contributed by atoms with Gasteiger partial charge in [-0.25, -0.2) is 4.57 Å². The number of amides is 1. The Morgan fingerprint density at radius 1 is 1.45 bits per heavy atom. The Morgan fingerprint density at radius 3 is 2.73 bits per heavy atom. The first-order valence-electron chi connectivity index (χ1n) is 6.85. The maximum Gasteiger partial charge on any atom is 0.469 e. The average Bonchev–Trinajstić information content (AvgIpc) is 2.72. The van der Waals surface area contributed by atoms with Crippen LogP contribution in [0.3, 0.4) is 0 Å². The predicted octanol–water partition coefficient (Wildman–Crippen LogP) is 0.352. The van der Waals surface area contributed by atoms with Crippen molar-refractivity contribution in [3.05, 3.63) is 30.1 Å². The summed E-state index contributed by atoms with van der Waals surface area (Å²) in [4.78, 5) is 28.8. The molecule has 0 radical (unpaired) electrons. The summed E-state index contributed by atoms with van der Waals surface area (Å²) in [6.45, 7) is 3.70. The van der Waals surface area contributed by atoms with E-state index in [0.29, 0.717) is 5.56 Å². The third-order valence-electron chi connectivity index (χ3n) is 3.99. The van der Waals surface area contributed by atoms with E-state index in [0.717, 1.165) is 0 Å². The zero-order valence-corrected chi connectivity index (χ0v) is 13.2. The first kappa shape index (κ1) is 17.1. The van der Waals surface area contributed by atoms with Gasteiger partial charge >= 0.3 is 7.82 Å². The van der Waals surface area contributed by atoms with Crippen molar-refractivity contribution >= 4 is 13.7 Å². The largest absolute Gasteiger partial charge is 0.469 e. The highest BCUT2D eigenvalue weighted by Gasteiger charge is 2.45. The van der Waals surface area contributed by atoms with E-state index in [1.54, 1.807) is 29.1 Å². The molecule has 0 saturated carbocycles. The number of nitrogens with zero attached hydrogens (tertiary/aromatic N) is 1. The molecule has 22 heavy (non-hydrogen) atoms. The van der Waals surface area contributed by atoms with Gasteiger partial charge in [0, 0.05) is 6.07 Å². The number of aromatic nitrogens is 1. The Hall–Kier alpha value is -1.31. The molecule has 0 unspecified atom stereocenters. The lowest BCUT2D eigenvalue weighted by Gasteiger charge is -2.15. The quantitative estimate of drug-likeness (QED) is 0.528. The van der Waals surface area contributed by atoms with E-state index < -0.39 is 19.8 Å². The lowest BCUT2D eigenvalue weighted by molar-refractivity contribution is -0.765. The predicted molar refractivity (Wildman–Crippen MR) is 75.4 cm³/mol. The number of pyridine rings is 1. The molecule has 2 heterocycles. The summed E-state index contributed by atoms with van der Waals surface area (Å²) in [5.41, 5.74) is 5.63. The van der Waals surface area contributed by atoms with Crippen LogP contribution in [0.25, 0.3) is 0 Å². The second kappa shape index (κ2) is 6.44. The zero-order chi connectivity index (χ0) is 16.5. The molecule has 0 spiro atoms. The van der Waals surface area contributed by atoms with E-state index in [1.165, 1.54) is 0 Å². The molecule has 1 saturated heterocycles. The van der Waals surface area contributed by atoms with Gasteiger partial charge in [-0.15, -0.1) is 0 Å². The summed E-state index contributed by atoms with van der Waals surface area (Å²) in [7, 11) is -4.53. The summed E-state index contributed by atoms with van der Waals surface area (Å²) in [6.07, 6.45) is 2.55. The van der Waals surface area contributed by atoms with Crippen LogP contribution < -0.4 is 10.3 Å². The van der Waals surface area contributed by atoms with Crippen molar-refractivity contribution in [1.82, 2.24) is 0 Å². The summed E-state index contributed by atoms with van der Waals surface area (Å²) in [5, 5.41) is 0. The Morgan fingerprint density at radius 2 is 2.14 bits per heavy atom. The zero-order valence-electron chi connectivity index (χ0n) is 12.3. The van der Waals surface area contributed by atoms with Crippen LogP contribution in [-0.2, 0) is 13.8 Å². The highest BCUT2D eigenvalue weighted by atomic mass is 31.2. The second-order valence-corrected chi connectivity index (χ2v) is 6.71. The topological polar surface area (TPSA) is 123 Å². The molecular weight excluding hydrogens is 311 g/mol. The molecule has 8 nitrogen and oxygen atoms in total. The normalized spacial score (nSPS) is 28.7. The molecule has 1 aliphatic heterocycles. The second-order valence-electron chi connectivity index (χ2n) is 5.47. The van der Waals surface area contributed by atoms with Gasteiger partial charge in [-0.3, -0.25) is 9.32 Å². The van der Waals surface area contributed by atoms with Crippen LogP contribution in [0, 0.1) is 11.8 Å². The summed E-state index contributed by atoms with van der Waals surface area (Å²) in [6, 6.07) is 3.30. The fraction of sp³-hybridized carbons (Fsp3) is 0.538. The molecule has 2 rings (SSSR count). The smallest absolute Gasteiger partial charge is 0.365 e. The van der Waals surface area contributed by atoms with Crippen molar-refractivity contribution in [2.75, 3.05) is 6.61 Å². The van der Waals surface area contributed by atoms with Crippen LogP contribution in [0.15, 0.2) is 24.5 Å².